The molecule has 4 heteroatoms. The Morgan fingerprint density at radius 1 is 1.33 bits per heavy atom. The van der Waals surface area contributed by atoms with Gasteiger partial charge in [0.1, 0.15) is 5.75 Å². The maximum absolute atomic E-state index is 5.14. The van der Waals surface area contributed by atoms with E-state index in [-0.39, 0.29) is 6.04 Å². The number of hydrogen-bond acceptors (Lipinski definition) is 3. The molecule has 96 valence electrons. The van der Waals surface area contributed by atoms with Gasteiger partial charge in [-0.15, -0.1) is 0 Å². The summed E-state index contributed by atoms with van der Waals surface area (Å²) in [5.41, 5.74) is 3.57. The van der Waals surface area contributed by atoms with E-state index in [2.05, 4.69) is 34.6 Å². The molecule has 1 heterocycles. The van der Waals surface area contributed by atoms with Crippen molar-refractivity contribution in [3.05, 3.63) is 47.3 Å². The summed E-state index contributed by atoms with van der Waals surface area (Å²) in [6.45, 7) is 5.01. The van der Waals surface area contributed by atoms with Crippen molar-refractivity contribution in [2.24, 2.45) is 0 Å². The van der Waals surface area contributed by atoms with Crippen LogP contribution in [-0.2, 0) is 6.54 Å². The Balaban J connectivity index is 1.93. The Morgan fingerprint density at radius 2 is 2.06 bits per heavy atom. The quantitative estimate of drug-likeness (QED) is 0.851. The summed E-state index contributed by atoms with van der Waals surface area (Å²) in [6.07, 6.45) is 1.88. The third-order valence-corrected chi connectivity index (χ3v) is 3.11. The van der Waals surface area contributed by atoms with E-state index in [0.717, 1.165) is 18.0 Å². The molecule has 0 aliphatic heterocycles. The van der Waals surface area contributed by atoms with Gasteiger partial charge in [-0.1, -0.05) is 12.1 Å². The smallest absolute Gasteiger partial charge is 0.118 e. The van der Waals surface area contributed by atoms with Gasteiger partial charge in [-0.2, -0.15) is 5.10 Å². The predicted octanol–water partition coefficient (Wildman–Crippen LogP) is 2.58. The first-order valence-electron chi connectivity index (χ1n) is 6.07. The van der Waals surface area contributed by atoms with Crippen molar-refractivity contribution < 1.29 is 4.74 Å². The van der Waals surface area contributed by atoms with Crippen LogP contribution in [0.3, 0.4) is 0 Å². The molecule has 18 heavy (non-hydrogen) atoms. The number of hydrogen-bond donors (Lipinski definition) is 2. The highest BCUT2D eigenvalue weighted by atomic mass is 16.5. The molecule has 4 nitrogen and oxygen atoms in total. The van der Waals surface area contributed by atoms with Crippen LogP contribution >= 0.6 is 0 Å². The maximum Gasteiger partial charge on any atom is 0.118 e. The summed E-state index contributed by atoms with van der Waals surface area (Å²) in [4.78, 5) is 0. The predicted molar refractivity (Wildman–Crippen MR) is 71.6 cm³/mol. The summed E-state index contributed by atoms with van der Waals surface area (Å²) < 4.78 is 5.14. The number of methoxy groups -OCH3 is 1. The van der Waals surface area contributed by atoms with Crippen LogP contribution in [0.1, 0.15) is 29.8 Å². The Labute approximate surface area is 107 Å². The largest absolute Gasteiger partial charge is 0.497 e. The molecule has 0 saturated carbocycles. The van der Waals surface area contributed by atoms with Gasteiger partial charge >= 0.3 is 0 Å². The number of benzene rings is 1. The summed E-state index contributed by atoms with van der Waals surface area (Å²) in [5.74, 6) is 0.887. The fraction of sp³-hybridized carbons (Fsp3) is 0.357. The monoisotopic (exact) mass is 245 g/mol. The fourth-order valence-corrected chi connectivity index (χ4v) is 1.92. The molecule has 2 aromatic rings. The van der Waals surface area contributed by atoms with Crippen LogP contribution in [0, 0.1) is 6.92 Å². The molecule has 0 bridgehead atoms. The second kappa shape index (κ2) is 5.69. The van der Waals surface area contributed by atoms with E-state index in [1.54, 1.807) is 7.11 Å². The van der Waals surface area contributed by atoms with Gasteiger partial charge in [-0.3, -0.25) is 5.10 Å². The second-order valence-corrected chi connectivity index (χ2v) is 4.40. The number of aryl methyl sites for hydroxylation is 1. The Morgan fingerprint density at radius 3 is 2.61 bits per heavy atom. The van der Waals surface area contributed by atoms with E-state index >= 15 is 0 Å². The van der Waals surface area contributed by atoms with Crippen molar-refractivity contribution in [2.75, 3.05) is 7.11 Å². The third kappa shape index (κ3) is 2.90. The van der Waals surface area contributed by atoms with Gasteiger partial charge in [0.05, 0.1) is 13.3 Å². The fourth-order valence-electron chi connectivity index (χ4n) is 1.92. The molecule has 0 fully saturated rings. The summed E-state index contributed by atoms with van der Waals surface area (Å²) in [6, 6.07) is 8.38. The zero-order chi connectivity index (χ0) is 13.0. The number of ether oxygens (including phenoxy) is 1. The molecule has 1 aromatic carbocycles. The third-order valence-electron chi connectivity index (χ3n) is 3.11. The van der Waals surface area contributed by atoms with Gasteiger partial charge in [-0.25, -0.2) is 0 Å². The lowest BCUT2D eigenvalue weighted by atomic mass is 10.1. The maximum atomic E-state index is 5.14. The van der Waals surface area contributed by atoms with E-state index < -0.39 is 0 Å². The Bertz CT molecular complexity index is 490. The van der Waals surface area contributed by atoms with Crippen LogP contribution in [-0.4, -0.2) is 17.3 Å². The standard InChI is InChI=1S/C14H19N3O/c1-10(14-9-16-17-11(14)2)15-8-12-4-6-13(18-3)7-5-12/h4-7,9-10,15H,8H2,1-3H3,(H,16,17)/t10-/m0/s1. The van der Waals surface area contributed by atoms with Gasteiger partial charge in [0, 0.05) is 23.8 Å². The Kier molecular flexibility index (Phi) is 3.99. The van der Waals surface area contributed by atoms with E-state index in [1.165, 1.54) is 11.1 Å². The molecule has 0 radical (unpaired) electrons. The van der Waals surface area contributed by atoms with Crippen LogP contribution in [0.25, 0.3) is 0 Å². The first-order chi connectivity index (χ1) is 8.70. The average molecular weight is 245 g/mol. The number of nitrogens with one attached hydrogen (secondary N) is 2. The van der Waals surface area contributed by atoms with Gasteiger partial charge in [-0.05, 0) is 31.5 Å². The molecular weight excluding hydrogens is 226 g/mol. The van der Waals surface area contributed by atoms with Crippen molar-refractivity contribution >= 4 is 0 Å². The van der Waals surface area contributed by atoms with E-state index in [0.29, 0.717) is 0 Å². The highest BCUT2D eigenvalue weighted by molar-refractivity contribution is 5.27. The van der Waals surface area contributed by atoms with Gasteiger partial charge in [0.25, 0.3) is 0 Å². The molecule has 1 aromatic heterocycles. The van der Waals surface area contributed by atoms with Crippen molar-refractivity contribution in [1.82, 2.24) is 15.5 Å². The number of rotatable bonds is 5. The van der Waals surface area contributed by atoms with E-state index in [4.69, 9.17) is 4.74 Å². The molecule has 0 unspecified atom stereocenters. The molecule has 0 amide bonds. The molecule has 0 spiro atoms. The molecule has 1 atom stereocenters. The molecule has 0 aliphatic rings. The SMILES string of the molecule is COc1ccc(CN[C@@H](C)c2cn[nH]c2C)cc1. The lowest BCUT2D eigenvalue weighted by molar-refractivity contribution is 0.414. The summed E-state index contributed by atoms with van der Waals surface area (Å²) in [5, 5.41) is 10.5. The van der Waals surface area contributed by atoms with Crippen molar-refractivity contribution in [1.29, 1.82) is 0 Å². The van der Waals surface area contributed by atoms with Crippen molar-refractivity contribution in [3.8, 4) is 5.75 Å². The second-order valence-electron chi connectivity index (χ2n) is 4.40. The zero-order valence-electron chi connectivity index (χ0n) is 11.0. The Hall–Kier alpha value is -1.81. The first kappa shape index (κ1) is 12.6. The minimum Gasteiger partial charge on any atom is -0.497 e. The van der Waals surface area contributed by atoms with Crippen molar-refractivity contribution in [3.63, 3.8) is 0 Å². The summed E-state index contributed by atoms with van der Waals surface area (Å²) in [7, 11) is 1.68. The number of aromatic nitrogens is 2. The molecule has 2 N–H and O–H groups in total. The van der Waals surface area contributed by atoms with Crippen molar-refractivity contribution in [2.45, 2.75) is 26.4 Å². The van der Waals surface area contributed by atoms with Gasteiger partial charge < -0.3 is 10.1 Å². The number of aromatic amines is 1. The minimum absolute atomic E-state index is 0.283. The van der Waals surface area contributed by atoms with Crippen LogP contribution in [0.5, 0.6) is 5.75 Å². The topological polar surface area (TPSA) is 49.9 Å². The molecular formula is C14H19N3O. The van der Waals surface area contributed by atoms with Crippen LogP contribution in [0.2, 0.25) is 0 Å². The van der Waals surface area contributed by atoms with E-state index in [1.807, 2.05) is 25.3 Å². The molecule has 0 saturated heterocycles. The normalized spacial score (nSPS) is 12.4. The highest BCUT2D eigenvalue weighted by Gasteiger charge is 2.09. The van der Waals surface area contributed by atoms with Crippen LogP contribution in [0.15, 0.2) is 30.5 Å². The molecule has 2 rings (SSSR count). The van der Waals surface area contributed by atoms with Crippen LogP contribution < -0.4 is 10.1 Å². The lowest BCUT2D eigenvalue weighted by Crippen LogP contribution is -2.18. The van der Waals surface area contributed by atoms with Crippen LogP contribution in [0.4, 0.5) is 0 Å². The van der Waals surface area contributed by atoms with E-state index in [9.17, 15) is 0 Å². The first-order valence-corrected chi connectivity index (χ1v) is 6.07. The van der Waals surface area contributed by atoms with Gasteiger partial charge in [0.2, 0.25) is 0 Å². The average Bonchev–Trinajstić information content (AvgIpc) is 2.83. The minimum atomic E-state index is 0.283. The highest BCUT2D eigenvalue weighted by Crippen LogP contribution is 2.16. The molecule has 0 aliphatic carbocycles. The zero-order valence-corrected chi connectivity index (χ0v) is 11.0. The number of nitrogens with zero attached hydrogens (tertiary/aromatic N) is 1. The van der Waals surface area contributed by atoms with Gasteiger partial charge in [0.15, 0.2) is 0 Å². The lowest BCUT2D eigenvalue weighted by Gasteiger charge is -2.13. The number of H-pyrrole nitrogens is 1. The summed E-state index contributed by atoms with van der Waals surface area (Å²) >= 11 is 0.